The summed E-state index contributed by atoms with van der Waals surface area (Å²) in [6.45, 7) is 1.32. The Balaban J connectivity index is 1.23. The maximum Gasteiger partial charge on any atom is 0.0842 e. The minimum Gasteiger partial charge on any atom is -0.371 e. The second-order valence-electron chi connectivity index (χ2n) is 14.9. The van der Waals surface area contributed by atoms with Gasteiger partial charge in [-0.15, -0.1) is 0 Å². The van der Waals surface area contributed by atoms with E-state index < -0.39 is 0 Å². The molecule has 0 aromatic heterocycles. The molecule has 50 heavy (non-hydrogen) atoms. The summed E-state index contributed by atoms with van der Waals surface area (Å²) in [7, 11) is 0. The van der Waals surface area contributed by atoms with Gasteiger partial charge in [0.25, 0.3) is 0 Å². The highest BCUT2D eigenvalue weighted by Gasteiger charge is 2.41. The summed E-state index contributed by atoms with van der Waals surface area (Å²) in [4.78, 5) is 0. The third kappa shape index (κ3) is 17.3. The van der Waals surface area contributed by atoms with Crippen molar-refractivity contribution in [2.45, 2.75) is 191 Å². The number of alkyl halides is 2. The van der Waals surface area contributed by atoms with Crippen LogP contribution >= 0.6 is 45.2 Å². The van der Waals surface area contributed by atoms with E-state index in [1.165, 1.54) is 123 Å². The van der Waals surface area contributed by atoms with Crippen LogP contribution < -0.4 is 0 Å². The van der Waals surface area contributed by atoms with Crippen molar-refractivity contribution in [2.75, 3.05) is 8.86 Å². The Bertz CT molecular complexity index is 987. The molecule has 0 N–H and O–H groups in total. The molecule has 0 aliphatic carbocycles. The van der Waals surface area contributed by atoms with Crippen LogP contribution in [-0.4, -0.2) is 45.5 Å². The van der Waals surface area contributed by atoms with Crippen LogP contribution in [0, 0.1) is 0 Å². The highest BCUT2D eigenvalue weighted by atomic mass is 127. The molecule has 2 fully saturated rings. The minimum absolute atomic E-state index is 0.148. The maximum absolute atomic E-state index is 6.86. The predicted octanol–water partition coefficient (Wildman–Crippen LogP) is 13.1. The van der Waals surface area contributed by atoms with Gasteiger partial charge in [0.2, 0.25) is 0 Å². The number of benzene rings is 2. The molecular weight excluding hydrogens is 846 g/mol. The van der Waals surface area contributed by atoms with Crippen molar-refractivity contribution < 1.29 is 18.9 Å². The van der Waals surface area contributed by atoms with Crippen LogP contribution in [0.2, 0.25) is 0 Å². The molecule has 2 heterocycles. The molecule has 2 saturated heterocycles. The summed E-state index contributed by atoms with van der Waals surface area (Å²) in [5, 5.41) is 0. The first-order chi connectivity index (χ1) is 24.8. The average molecular weight is 915 g/mol. The van der Waals surface area contributed by atoms with Crippen molar-refractivity contribution in [3.63, 3.8) is 0 Å². The Morgan fingerprint density at radius 2 is 0.800 bits per heavy atom. The van der Waals surface area contributed by atoms with Crippen LogP contribution in [0.3, 0.4) is 0 Å². The topological polar surface area (TPSA) is 36.9 Å². The van der Waals surface area contributed by atoms with Crippen molar-refractivity contribution in [3.8, 4) is 0 Å². The number of halogens is 2. The molecule has 0 spiro atoms. The number of rotatable bonds is 29. The predicted molar refractivity (Wildman–Crippen MR) is 227 cm³/mol. The van der Waals surface area contributed by atoms with Gasteiger partial charge >= 0.3 is 0 Å². The summed E-state index contributed by atoms with van der Waals surface area (Å²) in [5.74, 6) is 0. The number of hydrogen-bond donors (Lipinski definition) is 0. The van der Waals surface area contributed by atoms with E-state index in [1.54, 1.807) is 0 Å². The zero-order valence-electron chi connectivity index (χ0n) is 31.0. The van der Waals surface area contributed by atoms with E-state index >= 15 is 0 Å². The van der Waals surface area contributed by atoms with Gasteiger partial charge in [-0.25, -0.2) is 0 Å². The largest absolute Gasteiger partial charge is 0.371 e. The molecule has 6 atom stereocenters. The second-order valence-corrected chi connectivity index (χ2v) is 17.0. The standard InChI is InChI=1S/C44H68I2O4/c45-33-21-11-7-3-1-5-9-19-27-39(47-35-37-23-15-13-16-24-37)41-29-31-43(49-41)44-32-30-42(50-44)40(48-36-38-25-17-14-18-26-38)28-20-10-6-2-4-8-12-22-34-46/h13-18,23-26,39-44H,1-12,19-22,27-36H2/t39-,40-,41+,42+,43-,44-/m1/s1. The Hall–Kier alpha value is -0.260. The molecule has 2 aliphatic heterocycles. The molecule has 0 amide bonds. The van der Waals surface area contributed by atoms with Gasteiger partial charge in [-0.1, -0.05) is 196 Å². The first-order valence-electron chi connectivity index (χ1n) is 20.5. The van der Waals surface area contributed by atoms with E-state index in [0.29, 0.717) is 13.2 Å². The highest BCUT2D eigenvalue weighted by Crippen LogP contribution is 2.36. The number of hydrogen-bond acceptors (Lipinski definition) is 4. The SMILES string of the molecule is ICCCCCCCCCC[C@@H](OCc1ccccc1)[C@@H]1CC[C@H]([C@H]2CC[C@@H]([C@@H](CCCCCCCCCCI)OCc3ccccc3)O2)O1. The van der Waals surface area contributed by atoms with E-state index in [2.05, 4.69) is 106 Å². The molecule has 6 heteroatoms. The lowest BCUT2D eigenvalue weighted by Gasteiger charge is -2.28. The second kappa shape index (κ2) is 27.3. The Morgan fingerprint density at radius 3 is 1.16 bits per heavy atom. The molecule has 2 aromatic rings. The average Bonchev–Trinajstić information content (AvgIpc) is 3.85. The van der Waals surface area contributed by atoms with Gasteiger partial charge in [-0.3, -0.25) is 0 Å². The van der Waals surface area contributed by atoms with Gasteiger partial charge in [0.15, 0.2) is 0 Å². The van der Waals surface area contributed by atoms with Crippen molar-refractivity contribution in [3.05, 3.63) is 71.8 Å². The maximum atomic E-state index is 6.86. The fraction of sp³-hybridized carbons (Fsp3) is 0.727. The van der Waals surface area contributed by atoms with Gasteiger partial charge in [-0.05, 0) is 71.3 Å². The fourth-order valence-electron chi connectivity index (χ4n) is 7.78. The summed E-state index contributed by atoms with van der Waals surface area (Å²) < 4.78 is 29.6. The smallest absolute Gasteiger partial charge is 0.0842 e. The molecule has 282 valence electrons. The molecule has 0 unspecified atom stereocenters. The first-order valence-corrected chi connectivity index (χ1v) is 23.6. The molecule has 4 rings (SSSR count). The minimum atomic E-state index is 0.148. The third-order valence-electron chi connectivity index (χ3n) is 10.8. The van der Waals surface area contributed by atoms with Gasteiger partial charge in [-0.2, -0.15) is 0 Å². The van der Waals surface area contributed by atoms with Gasteiger partial charge in [0.1, 0.15) is 0 Å². The molecular formula is C44H68I2O4. The van der Waals surface area contributed by atoms with Crippen molar-refractivity contribution in [1.29, 1.82) is 0 Å². The quantitative estimate of drug-likeness (QED) is 0.0463. The third-order valence-corrected chi connectivity index (χ3v) is 12.3. The molecule has 2 aliphatic rings. The molecule has 0 saturated carbocycles. The summed E-state index contributed by atoms with van der Waals surface area (Å²) in [5.41, 5.74) is 2.49. The lowest BCUT2D eigenvalue weighted by Crippen LogP contribution is -2.34. The highest BCUT2D eigenvalue weighted by molar-refractivity contribution is 14.1. The Labute approximate surface area is 333 Å². The summed E-state index contributed by atoms with van der Waals surface area (Å²) >= 11 is 4.99. The van der Waals surface area contributed by atoms with Crippen LogP contribution in [-0.2, 0) is 32.2 Å². The summed E-state index contributed by atoms with van der Waals surface area (Å²) in [6.07, 6.45) is 28.9. The van der Waals surface area contributed by atoms with Crippen LogP contribution in [0.4, 0.5) is 0 Å². The molecule has 4 nitrogen and oxygen atoms in total. The lowest BCUT2D eigenvalue weighted by atomic mass is 10.00. The zero-order valence-corrected chi connectivity index (χ0v) is 35.3. The van der Waals surface area contributed by atoms with E-state index in [0.717, 1.165) is 38.5 Å². The molecule has 2 aromatic carbocycles. The van der Waals surface area contributed by atoms with E-state index in [4.69, 9.17) is 18.9 Å². The molecule has 0 radical (unpaired) electrons. The Morgan fingerprint density at radius 1 is 0.460 bits per heavy atom. The van der Waals surface area contributed by atoms with E-state index in [9.17, 15) is 0 Å². The van der Waals surface area contributed by atoms with Crippen molar-refractivity contribution >= 4 is 45.2 Å². The van der Waals surface area contributed by atoms with Gasteiger partial charge < -0.3 is 18.9 Å². The normalized spacial score (nSPS) is 21.9. The van der Waals surface area contributed by atoms with Crippen LogP contribution in [0.15, 0.2) is 60.7 Å². The van der Waals surface area contributed by atoms with Crippen LogP contribution in [0.25, 0.3) is 0 Å². The number of unbranched alkanes of at least 4 members (excludes halogenated alkanes) is 14. The van der Waals surface area contributed by atoms with Gasteiger partial charge in [0, 0.05) is 0 Å². The van der Waals surface area contributed by atoms with E-state index in [1.807, 2.05) is 0 Å². The fourth-order valence-corrected chi connectivity index (χ4v) is 8.86. The lowest BCUT2D eigenvalue weighted by molar-refractivity contribution is -0.131. The molecule has 0 bridgehead atoms. The van der Waals surface area contributed by atoms with Crippen molar-refractivity contribution in [2.24, 2.45) is 0 Å². The monoisotopic (exact) mass is 914 g/mol. The van der Waals surface area contributed by atoms with E-state index in [-0.39, 0.29) is 36.6 Å². The first kappa shape index (κ1) is 42.5. The number of ether oxygens (including phenoxy) is 4. The van der Waals surface area contributed by atoms with Crippen LogP contribution in [0.5, 0.6) is 0 Å². The van der Waals surface area contributed by atoms with Crippen molar-refractivity contribution in [1.82, 2.24) is 0 Å². The summed E-state index contributed by atoms with van der Waals surface area (Å²) in [6, 6.07) is 21.3. The Kier molecular flexibility index (Phi) is 23.2. The van der Waals surface area contributed by atoms with Crippen LogP contribution in [0.1, 0.15) is 152 Å². The zero-order chi connectivity index (χ0) is 34.9. The van der Waals surface area contributed by atoms with Gasteiger partial charge in [0.05, 0.1) is 49.8 Å².